The lowest BCUT2D eigenvalue weighted by Crippen LogP contribution is -1.86. The lowest BCUT2D eigenvalue weighted by atomic mass is 10.0. The Balaban J connectivity index is 1.87. The SMILES string of the molecule is ClCC1CC1c1ccc2c(c1)CCO2. The third-order valence-electron chi connectivity index (χ3n) is 3.26. The number of ether oxygens (including phenoxy) is 1. The van der Waals surface area contributed by atoms with Gasteiger partial charge in [0.1, 0.15) is 5.75 Å². The molecule has 0 amide bonds. The standard InChI is InChI=1S/C12H13ClO/c13-7-10-6-11(10)8-1-2-12-9(5-8)3-4-14-12/h1-2,5,10-11H,3-4,6-7H2. The summed E-state index contributed by atoms with van der Waals surface area (Å²) >= 11 is 5.84. The van der Waals surface area contributed by atoms with E-state index in [4.69, 9.17) is 16.3 Å². The quantitative estimate of drug-likeness (QED) is 0.679. The Morgan fingerprint density at radius 2 is 2.36 bits per heavy atom. The van der Waals surface area contributed by atoms with E-state index in [1.165, 1.54) is 17.5 Å². The van der Waals surface area contributed by atoms with E-state index < -0.39 is 0 Å². The summed E-state index contributed by atoms with van der Waals surface area (Å²) in [7, 11) is 0. The number of rotatable bonds is 2. The van der Waals surface area contributed by atoms with Gasteiger partial charge in [0.25, 0.3) is 0 Å². The molecule has 1 fully saturated rings. The maximum absolute atomic E-state index is 5.84. The van der Waals surface area contributed by atoms with Gasteiger partial charge in [-0.1, -0.05) is 12.1 Å². The predicted octanol–water partition coefficient (Wildman–Crippen LogP) is 2.96. The van der Waals surface area contributed by atoms with Crippen LogP contribution in [-0.4, -0.2) is 12.5 Å². The van der Waals surface area contributed by atoms with Crippen molar-refractivity contribution in [2.75, 3.05) is 12.5 Å². The second-order valence-corrected chi connectivity index (χ2v) is 4.53. The van der Waals surface area contributed by atoms with Crippen molar-refractivity contribution in [1.82, 2.24) is 0 Å². The molecule has 1 aromatic rings. The predicted molar refractivity (Wildman–Crippen MR) is 57.2 cm³/mol. The van der Waals surface area contributed by atoms with Crippen molar-refractivity contribution < 1.29 is 4.74 Å². The van der Waals surface area contributed by atoms with Gasteiger partial charge in [-0.05, 0) is 35.4 Å². The minimum Gasteiger partial charge on any atom is -0.493 e. The topological polar surface area (TPSA) is 9.23 Å². The minimum atomic E-state index is 0.719. The number of halogens is 1. The molecule has 1 aliphatic carbocycles. The molecule has 2 heteroatoms. The normalized spacial score (nSPS) is 28.4. The van der Waals surface area contributed by atoms with Crippen LogP contribution in [0.5, 0.6) is 5.75 Å². The summed E-state index contributed by atoms with van der Waals surface area (Å²) in [6, 6.07) is 6.61. The van der Waals surface area contributed by atoms with Gasteiger partial charge < -0.3 is 4.74 Å². The Kier molecular flexibility index (Phi) is 1.94. The molecule has 1 nitrogen and oxygen atoms in total. The molecule has 2 aliphatic rings. The highest BCUT2D eigenvalue weighted by molar-refractivity contribution is 6.18. The molecule has 1 heterocycles. The highest BCUT2D eigenvalue weighted by Crippen LogP contribution is 2.48. The highest BCUT2D eigenvalue weighted by Gasteiger charge is 2.37. The molecule has 74 valence electrons. The van der Waals surface area contributed by atoms with Crippen LogP contribution in [-0.2, 0) is 6.42 Å². The third-order valence-corrected chi connectivity index (χ3v) is 3.66. The maximum Gasteiger partial charge on any atom is 0.122 e. The van der Waals surface area contributed by atoms with Crippen LogP contribution in [0.4, 0.5) is 0 Å². The molecule has 1 saturated carbocycles. The first kappa shape index (κ1) is 8.60. The zero-order chi connectivity index (χ0) is 9.54. The van der Waals surface area contributed by atoms with Gasteiger partial charge in [-0.3, -0.25) is 0 Å². The van der Waals surface area contributed by atoms with Crippen molar-refractivity contribution in [2.45, 2.75) is 18.8 Å². The van der Waals surface area contributed by atoms with Crippen LogP contribution in [0.3, 0.4) is 0 Å². The van der Waals surface area contributed by atoms with Gasteiger partial charge in [0.15, 0.2) is 0 Å². The molecule has 0 saturated heterocycles. The van der Waals surface area contributed by atoms with Gasteiger partial charge in [0.05, 0.1) is 6.61 Å². The van der Waals surface area contributed by atoms with E-state index in [0.717, 1.165) is 36.5 Å². The van der Waals surface area contributed by atoms with Crippen LogP contribution in [0.2, 0.25) is 0 Å². The van der Waals surface area contributed by atoms with Crippen molar-refractivity contribution in [2.24, 2.45) is 5.92 Å². The van der Waals surface area contributed by atoms with Crippen molar-refractivity contribution >= 4 is 11.6 Å². The Morgan fingerprint density at radius 3 is 3.14 bits per heavy atom. The van der Waals surface area contributed by atoms with Gasteiger partial charge in [0, 0.05) is 12.3 Å². The monoisotopic (exact) mass is 208 g/mol. The average molecular weight is 209 g/mol. The van der Waals surface area contributed by atoms with Crippen LogP contribution >= 0.6 is 11.6 Å². The second-order valence-electron chi connectivity index (χ2n) is 4.22. The van der Waals surface area contributed by atoms with E-state index in [2.05, 4.69) is 18.2 Å². The van der Waals surface area contributed by atoms with Gasteiger partial charge in [-0.25, -0.2) is 0 Å². The average Bonchev–Trinajstić information content (AvgIpc) is 2.87. The van der Waals surface area contributed by atoms with Crippen LogP contribution < -0.4 is 4.74 Å². The number of benzene rings is 1. The smallest absolute Gasteiger partial charge is 0.122 e. The van der Waals surface area contributed by atoms with Gasteiger partial charge in [-0.2, -0.15) is 0 Å². The molecule has 3 rings (SSSR count). The van der Waals surface area contributed by atoms with E-state index in [0.29, 0.717) is 0 Å². The van der Waals surface area contributed by atoms with E-state index in [1.54, 1.807) is 0 Å². The Hall–Kier alpha value is -0.690. The summed E-state index contributed by atoms with van der Waals surface area (Å²) in [6.45, 7) is 0.850. The van der Waals surface area contributed by atoms with Crippen LogP contribution in [0.1, 0.15) is 23.5 Å². The zero-order valence-electron chi connectivity index (χ0n) is 8.00. The van der Waals surface area contributed by atoms with Crippen LogP contribution in [0, 0.1) is 5.92 Å². The molecule has 2 unspecified atom stereocenters. The van der Waals surface area contributed by atoms with Gasteiger partial charge in [0.2, 0.25) is 0 Å². The number of fused-ring (bicyclic) bond motifs is 1. The maximum atomic E-state index is 5.84. The first-order chi connectivity index (χ1) is 6.88. The fraction of sp³-hybridized carbons (Fsp3) is 0.500. The van der Waals surface area contributed by atoms with Crippen LogP contribution in [0.15, 0.2) is 18.2 Å². The van der Waals surface area contributed by atoms with E-state index in [-0.39, 0.29) is 0 Å². The summed E-state index contributed by atoms with van der Waals surface area (Å²) in [4.78, 5) is 0. The molecule has 2 atom stereocenters. The van der Waals surface area contributed by atoms with Crippen molar-refractivity contribution in [3.8, 4) is 5.75 Å². The van der Waals surface area contributed by atoms with E-state index >= 15 is 0 Å². The van der Waals surface area contributed by atoms with Crippen LogP contribution in [0.25, 0.3) is 0 Å². The molecular formula is C12H13ClO. The van der Waals surface area contributed by atoms with E-state index in [1.807, 2.05) is 0 Å². The second kappa shape index (κ2) is 3.16. The fourth-order valence-corrected chi connectivity index (χ4v) is 2.60. The van der Waals surface area contributed by atoms with Gasteiger partial charge in [-0.15, -0.1) is 11.6 Å². The fourth-order valence-electron chi connectivity index (χ4n) is 2.26. The molecule has 1 aliphatic heterocycles. The summed E-state index contributed by atoms with van der Waals surface area (Å²) in [6.07, 6.45) is 2.34. The number of hydrogen-bond donors (Lipinski definition) is 0. The molecule has 0 N–H and O–H groups in total. The molecule has 0 bridgehead atoms. The summed E-state index contributed by atoms with van der Waals surface area (Å²) in [5, 5.41) is 0. The first-order valence-corrected chi connectivity index (χ1v) is 5.73. The molecule has 14 heavy (non-hydrogen) atoms. The van der Waals surface area contributed by atoms with Gasteiger partial charge >= 0.3 is 0 Å². The van der Waals surface area contributed by atoms with Crippen molar-refractivity contribution in [3.63, 3.8) is 0 Å². The molecule has 0 spiro atoms. The molecule has 1 aromatic carbocycles. The van der Waals surface area contributed by atoms with E-state index in [9.17, 15) is 0 Å². The Morgan fingerprint density at radius 1 is 1.43 bits per heavy atom. The van der Waals surface area contributed by atoms with Crippen molar-refractivity contribution in [1.29, 1.82) is 0 Å². The highest BCUT2D eigenvalue weighted by atomic mass is 35.5. The summed E-state index contributed by atoms with van der Waals surface area (Å²) in [5.41, 5.74) is 2.84. The molecule has 0 aromatic heterocycles. The minimum absolute atomic E-state index is 0.719. The lowest BCUT2D eigenvalue weighted by molar-refractivity contribution is 0.357. The molecular weight excluding hydrogens is 196 g/mol. The summed E-state index contributed by atoms with van der Waals surface area (Å²) in [5.74, 6) is 3.32. The molecule has 0 radical (unpaired) electrons. The number of hydrogen-bond acceptors (Lipinski definition) is 1. The number of alkyl halides is 1. The zero-order valence-corrected chi connectivity index (χ0v) is 8.76. The Bertz CT molecular complexity index is 361. The van der Waals surface area contributed by atoms with Crippen molar-refractivity contribution in [3.05, 3.63) is 29.3 Å². The first-order valence-electron chi connectivity index (χ1n) is 5.20. The third kappa shape index (κ3) is 1.31. The summed E-state index contributed by atoms with van der Waals surface area (Å²) < 4.78 is 5.48. The Labute approximate surface area is 89.0 Å². The largest absolute Gasteiger partial charge is 0.493 e. The lowest BCUT2D eigenvalue weighted by Gasteiger charge is -2.02.